The van der Waals surface area contributed by atoms with Crippen LogP contribution in [0.25, 0.3) is 0 Å². The quantitative estimate of drug-likeness (QED) is 0.654. The highest BCUT2D eigenvalue weighted by molar-refractivity contribution is 4.77. The average molecular weight is 173 g/mol. The number of hydrogen-bond donors (Lipinski definition) is 2. The van der Waals surface area contributed by atoms with Gasteiger partial charge < -0.3 is 15.2 Å². The van der Waals surface area contributed by atoms with Crippen molar-refractivity contribution >= 4 is 0 Å². The van der Waals surface area contributed by atoms with Gasteiger partial charge in [-0.15, -0.1) is 0 Å². The number of ether oxygens (including phenoxy) is 1. The molecule has 0 aromatic carbocycles. The third-order valence-electron chi connectivity index (χ3n) is 2.40. The minimum Gasteiger partial charge on any atom is -0.389 e. The fraction of sp³-hybridized carbons (Fsp3) is 1.00. The van der Waals surface area contributed by atoms with E-state index in [0.717, 1.165) is 13.0 Å². The van der Waals surface area contributed by atoms with Crippen LogP contribution in [0.1, 0.15) is 25.7 Å². The van der Waals surface area contributed by atoms with E-state index in [2.05, 4.69) is 5.32 Å². The molecule has 0 bridgehead atoms. The first-order valence-electron chi connectivity index (χ1n) is 4.75. The van der Waals surface area contributed by atoms with E-state index in [1.165, 1.54) is 19.3 Å². The van der Waals surface area contributed by atoms with Gasteiger partial charge in [0.2, 0.25) is 0 Å². The van der Waals surface area contributed by atoms with E-state index >= 15 is 0 Å². The molecule has 2 unspecified atom stereocenters. The summed E-state index contributed by atoms with van der Waals surface area (Å²) in [6, 6.07) is 0.243. The predicted molar refractivity (Wildman–Crippen MR) is 48.1 cm³/mol. The van der Waals surface area contributed by atoms with Crippen LogP contribution in [0.2, 0.25) is 0 Å². The van der Waals surface area contributed by atoms with Crippen LogP contribution in [0, 0.1) is 0 Å². The first kappa shape index (κ1) is 9.96. The summed E-state index contributed by atoms with van der Waals surface area (Å²) in [5.74, 6) is 0. The van der Waals surface area contributed by atoms with Crippen molar-refractivity contribution in [3.8, 4) is 0 Å². The largest absolute Gasteiger partial charge is 0.389 e. The molecule has 1 fully saturated rings. The maximum Gasteiger partial charge on any atom is 0.0925 e. The smallest absolute Gasteiger partial charge is 0.0925 e. The van der Waals surface area contributed by atoms with Gasteiger partial charge in [-0.3, -0.25) is 0 Å². The van der Waals surface area contributed by atoms with E-state index in [9.17, 15) is 5.11 Å². The summed E-state index contributed by atoms with van der Waals surface area (Å²) < 4.78 is 4.91. The number of rotatable bonds is 3. The Kier molecular flexibility index (Phi) is 4.58. The van der Waals surface area contributed by atoms with Crippen LogP contribution < -0.4 is 5.32 Å². The average Bonchev–Trinajstić information content (AvgIpc) is 2.32. The molecule has 1 rings (SSSR count). The molecule has 1 aliphatic rings. The molecule has 0 spiro atoms. The summed E-state index contributed by atoms with van der Waals surface area (Å²) in [6.07, 6.45) is 4.47. The highest BCUT2D eigenvalue weighted by Crippen LogP contribution is 2.11. The lowest BCUT2D eigenvalue weighted by molar-refractivity contribution is 0.0379. The third-order valence-corrected chi connectivity index (χ3v) is 2.40. The van der Waals surface area contributed by atoms with Crippen molar-refractivity contribution in [1.82, 2.24) is 5.32 Å². The monoisotopic (exact) mass is 173 g/mol. The van der Waals surface area contributed by atoms with Crippen molar-refractivity contribution in [3.05, 3.63) is 0 Å². The Morgan fingerprint density at radius 3 is 3.08 bits per heavy atom. The minimum absolute atomic E-state index is 0.243. The van der Waals surface area contributed by atoms with Crippen LogP contribution in [-0.4, -0.2) is 37.5 Å². The molecule has 1 saturated heterocycles. The summed E-state index contributed by atoms with van der Waals surface area (Å²) in [6.45, 7) is 1.48. The SMILES string of the molecule is COCC(O)C1CCCCCN1. The van der Waals surface area contributed by atoms with E-state index in [4.69, 9.17) is 4.74 Å². The number of hydrogen-bond acceptors (Lipinski definition) is 3. The van der Waals surface area contributed by atoms with E-state index in [1.54, 1.807) is 7.11 Å². The summed E-state index contributed by atoms with van der Waals surface area (Å²) in [5.41, 5.74) is 0. The van der Waals surface area contributed by atoms with Crippen molar-refractivity contribution in [2.45, 2.75) is 37.8 Å². The summed E-state index contributed by atoms with van der Waals surface area (Å²) in [5, 5.41) is 12.9. The Balaban J connectivity index is 2.27. The predicted octanol–water partition coefficient (Wildman–Crippen LogP) is 0.526. The molecule has 0 aromatic rings. The van der Waals surface area contributed by atoms with Crippen molar-refractivity contribution in [2.75, 3.05) is 20.3 Å². The van der Waals surface area contributed by atoms with E-state index in [-0.39, 0.29) is 12.1 Å². The van der Waals surface area contributed by atoms with Gasteiger partial charge in [0.1, 0.15) is 0 Å². The van der Waals surface area contributed by atoms with Gasteiger partial charge in [-0.2, -0.15) is 0 Å². The van der Waals surface area contributed by atoms with Gasteiger partial charge in [-0.25, -0.2) is 0 Å². The molecule has 3 heteroatoms. The lowest BCUT2D eigenvalue weighted by Crippen LogP contribution is -2.41. The molecular weight excluding hydrogens is 154 g/mol. The van der Waals surface area contributed by atoms with Crippen LogP contribution in [0.4, 0.5) is 0 Å². The Bertz CT molecular complexity index is 111. The lowest BCUT2D eigenvalue weighted by Gasteiger charge is -2.21. The zero-order chi connectivity index (χ0) is 8.81. The normalized spacial score (nSPS) is 28.0. The summed E-state index contributed by atoms with van der Waals surface area (Å²) >= 11 is 0. The fourth-order valence-corrected chi connectivity index (χ4v) is 1.67. The molecule has 3 nitrogen and oxygen atoms in total. The highest BCUT2D eigenvalue weighted by Gasteiger charge is 2.19. The number of aliphatic hydroxyl groups is 1. The Morgan fingerprint density at radius 2 is 2.33 bits per heavy atom. The van der Waals surface area contributed by atoms with E-state index in [1.807, 2.05) is 0 Å². The van der Waals surface area contributed by atoms with Crippen LogP contribution in [0.3, 0.4) is 0 Å². The van der Waals surface area contributed by atoms with E-state index in [0.29, 0.717) is 6.61 Å². The minimum atomic E-state index is -0.340. The molecule has 2 N–H and O–H groups in total. The first-order chi connectivity index (χ1) is 5.84. The Labute approximate surface area is 74.1 Å². The highest BCUT2D eigenvalue weighted by atomic mass is 16.5. The lowest BCUT2D eigenvalue weighted by atomic mass is 10.1. The molecule has 1 heterocycles. The zero-order valence-corrected chi connectivity index (χ0v) is 7.75. The standard InChI is InChI=1S/C9H19NO2/c1-12-7-9(11)8-5-3-2-4-6-10-8/h8-11H,2-7H2,1H3. The van der Waals surface area contributed by atoms with Crippen molar-refractivity contribution in [1.29, 1.82) is 0 Å². The second-order valence-electron chi connectivity index (χ2n) is 3.43. The Morgan fingerprint density at radius 1 is 1.50 bits per heavy atom. The molecule has 72 valence electrons. The first-order valence-corrected chi connectivity index (χ1v) is 4.75. The fourth-order valence-electron chi connectivity index (χ4n) is 1.67. The van der Waals surface area contributed by atoms with Gasteiger partial charge >= 0.3 is 0 Å². The molecule has 0 radical (unpaired) electrons. The van der Waals surface area contributed by atoms with Gasteiger partial charge in [0.25, 0.3) is 0 Å². The molecule has 0 saturated carbocycles. The topological polar surface area (TPSA) is 41.5 Å². The molecule has 0 amide bonds. The van der Waals surface area contributed by atoms with E-state index < -0.39 is 0 Å². The second kappa shape index (κ2) is 5.51. The summed E-state index contributed by atoms with van der Waals surface area (Å²) in [7, 11) is 1.62. The van der Waals surface area contributed by atoms with Gasteiger partial charge in [0, 0.05) is 13.2 Å². The van der Waals surface area contributed by atoms with Gasteiger partial charge in [-0.1, -0.05) is 12.8 Å². The molecule has 2 atom stereocenters. The summed E-state index contributed by atoms with van der Waals surface area (Å²) in [4.78, 5) is 0. The van der Waals surface area contributed by atoms with Crippen molar-refractivity contribution < 1.29 is 9.84 Å². The Hall–Kier alpha value is -0.120. The second-order valence-corrected chi connectivity index (χ2v) is 3.43. The molecule has 1 aliphatic heterocycles. The number of aliphatic hydroxyl groups excluding tert-OH is 1. The van der Waals surface area contributed by atoms with Gasteiger partial charge in [-0.05, 0) is 19.4 Å². The van der Waals surface area contributed by atoms with Crippen LogP contribution in [-0.2, 0) is 4.74 Å². The molecule has 0 aromatic heterocycles. The van der Waals surface area contributed by atoms with Gasteiger partial charge in [0.05, 0.1) is 12.7 Å². The van der Waals surface area contributed by atoms with Crippen molar-refractivity contribution in [2.24, 2.45) is 0 Å². The zero-order valence-electron chi connectivity index (χ0n) is 7.75. The maximum atomic E-state index is 9.61. The molecular formula is C9H19NO2. The molecule has 12 heavy (non-hydrogen) atoms. The van der Waals surface area contributed by atoms with Gasteiger partial charge in [0.15, 0.2) is 0 Å². The number of nitrogens with one attached hydrogen (secondary N) is 1. The van der Waals surface area contributed by atoms with Crippen molar-refractivity contribution in [3.63, 3.8) is 0 Å². The van der Waals surface area contributed by atoms with Crippen LogP contribution in [0.15, 0.2) is 0 Å². The maximum absolute atomic E-state index is 9.61. The number of methoxy groups -OCH3 is 1. The molecule has 0 aliphatic carbocycles. The van der Waals surface area contributed by atoms with Crippen LogP contribution in [0.5, 0.6) is 0 Å². The van der Waals surface area contributed by atoms with Crippen LogP contribution >= 0.6 is 0 Å². The third kappa shape index (κ3) is 3.09.